The van der Waals surface area contributed by atoms with Crippen molar-refractivity contribution in [3.05, 3.63) is 111 Å². The smallest absolute Gasteiger partial charge is 0.318 e. The molecule has 4 aromatic rings. The summed E-state index contributed by atoms with van der Waals surface area (Å²) < 4.78 is 2.35. The van der Waals surface area contributed by atoms with Crippen LogP contribution in [0.4, 0.5) is 4.79 Å². The minimum Gasteiger partial charge on any atom is -0.338 e. The van der Waals surface area contributed by atoms with Crippen LogP contribution in [0.5, 0.6) is 0 Å². The van der Waals surface area contributed by atoms with E-state index in [4.69, 9.17) is 0 Å². The number of aryl methyl sites for hydroxylation is 2. The largest absolute Gasteiger partial charge is 0.338 e. The maximum Gasteiger partial charge on any atom is 0.318 e. The predicted octanol–water partition coefficient (Wildman–Crippen LogP) is 6.58. The highest BCUT2D eigenvalue weighted by Gasteiger charge is 2.35. The number of carbonyl (C=O) groups is 1. The molecule has 1 aliphatic heterocycles. The summed E-state index contributed by atoms with van der Waals surface area (Å²) in [6, 6.07) is 23.1. The van der Waals surface area contributed by atoms with Gasteiger partial charge in [-0.05, 0) is 67.9 Å². The number of benzene rings is 2. The number of hydrogen-bond donors (Lipinski definition) is 1. The van der Waals surface area contributed by atoms with Gasteiger partial charge in [0.15, 0.2) is 0 Å². The molecule has 5 heteroatoms. The van der Waals surface area contributed by atoms with Gasteiger partial charge in [-0.3, -0.25) is 0 Å². The SMILES string of the molecule is Cc1cccc(C2c3cccn3-c3sc4c(c3CN2C(=O)NCCc2ccccc2)CCCC4)c1. The number of fused-ring (bicyclic) bond motifs is 5. The van der Waals surface area contributed by atoms with Gasteiger partial charge in [-0.15, -0.1) is 11.3 Å². The van der Waals surface area contributed by atoms with Crippen molar-refractivity contribution in [2.75, 3.05) is 6.54 Å². The van der Waals surface area contributed by atoms with E-state index < -0.39 is 0 Å². The van der Waals surface area contributed by atoms with Crippen molar-refractivity contribution in [3.8, 4) is 5.00 Å². The second-order valence-electron chi connectivity index (χ2n) is 9.71. The zero-order valence-corrected chi connectivity index (χ0v) is 21.0. The number of aromatic nitrogens is 1. The van der Waals surface area contributed by atoms with E-state index in [9.17, 15) is 4.79 Å². The Labute approximate surface area is 211 Å². The summed E-state index contributed by atoms with van der Waals surface area (Å²) in [5.74, 6) is 0. The standard InChI is InChI=1S/C30H31N3OS/c1-21-9-7-12-23(19-21)28-26-14-8-18-32(26)29-25(24-13-5-6-15-27(24)35-29)20-33(28)30(34)31-17-16-22-10-3-2-4-11-22/h2-4,7-12,14,18-19,28H,5-6,13,15-17,20H2,1H3,(H,31,34). The molecule has 1 aliphatic carbocycles. The first-order valence-corrected chi connectivity index (χ1v) is 13.5. The first-order valence-electron chi connectivity index (χ1n) is 12.6. The summed E-state index contributed by atoms with van der Waals surface area (Å²) >= 11 is 1.93. The highest BCUT2D eigenvalue weighted by molar-refractivity contribution is 7.15. The molecular weight excluding hydrogens is 450 g/mol. The van der Waals surface area contributed by atoms with Crippen LogP contribution in [0.25, 0.3) is 5.00 Å². The van der Waals surface area contributed by atoms with Gasteiger partial charge < -0.3 is 14.8 Å². The van der Waals surface area contributed by atoms with Crippen molar-refractivity contribution in [1.82, 2.24) is 14.8 Å². The highest BCUT2D eigenvalue weighted by atomic mass is 32.1. The summed E-state index contributed by atoms with van der Waals surface area (Å²) in [4.78, 5) is 17.4. The van der Waals surface area contributed by atoms with Crippen molar-refractivity contribution in [2.45, 2.75) is 51.6 Å². The number of thiophene rings is 1. The fourth-order valence-corrected chi connectivity index (χ4v) is 7.04. The number of rotatable bonds is 4. The third kappa shape index (κ3) is 4.19. The maximum atomic E-state index is 13.9. The van der Waals surface area contributed by atoms with E-state index in [-0.39, 0.29) is 12.1 Å². The van der Waals surface area contributed by atoms with E-state index in [0.717, 1.165) is 30.5 Å². The van der Waals surface area contributed by atoms with Crippen LogP contribution in [-0.2, 0) is 25.8 Å². The third-order valence-corrected chi connectivity index (χ3v) is 8.66. The number of urea groups is 1. The molecule has 0 saturated carbocycles. The van der Waals surface area contributed by atoms with Crippen molar-refractivity contribution in [2.24, 2.45) is 0 Å². The Morgan fingerprint density at radius 2 is 1.86 bits per heavy atom. The van der Waals surface area contributed by atoms with Gasteiger partial charge in [0.2, 0.25) is 0 Å². The van der Waals surface area contributed by atoms with Gasteiger partial charge >= 0.3 is 6.03 Å². The molecule has 4 nitrogen and oxygen atoms in total. The molecule has 2 aromatic heterocycles. The van der Waals surface area contributed by atoms with Crippen LogP contribution in [0.1, 0.15) is 57.3 Å². The fraction of sp³-hybridized carbons (Fsp3) is 0.300. The van der Waals surface area contributed by atoms with E-state index in [0.29, 0.717) is 13.1 Å². The lowest BCUT2D eigenvalue weighted by atomic mass is 9.95. The van der Waals surface area contributed by atoms with Crippen molar-refractivity contribution in [3.63, 3.8) is 0 Å². The second kappa shape index (κ2) is 9.38. The van der Waals surface area contributed by atoms with Gasteiger partial charge in [0.05, 0.1) is 18.3 Å². The normalized spacial score (nSPS) is 16.7. The molecule has 1 atom stereocenters. The summed E-state index contributed by atoms with van der Waals surface area (Å²) in [6.07, 6.45) is 7.78. The minimum atomic E-state index is -0.138. The van der Waals surface area contributed by atoms with Crippen LogP contribution in [0, 0.1) is 6.92 Å². The number of carbonyl (C=O) groups excluding carboxylic acids is 1. The van der Waals surface area contributed by atoms with Gasteiger partial charge in [-0.2, -0.15) is 0 Å². The predicted molar refractivity (Wildman–Crippen MR) is 142 cm³/mol. The Bertz CT molecular complexity index is 1350. The molecule has 1 unspecified atom stereocenters. The molecule has 6 rings (SSSR count). The topological polar surface area (TPSA) is 37.3 Å². The van der Waals surface area contributed by atoms with Gasteiger partial charge in [0, 0.05) is 23.2 Å². The lowest BCUT2D eigenvalue weighted by molar-refractivity contribution is 0.180. The van der Waals surface area contributed by atoms with Crippen LogP contribution < -0.4 is 5.32 Å². The van der Waals surface area contributed by atoms with Crippen molar-refractivity contribution < 1.29 is 4.79 Å². The monoisotopic (exact) mass is 481 g/mol. The van der Waals surface area contributed by atoms with Crippen LogP contribution in [-0.4, -0.2) is 22.0 Å². The zero-order chi connectivity index (χ0) is 23.8. The molecule has 35 heavy (non-hydrogen) atoms. The van der Waals surface area contributed by atoms with Crippen LogP contribution in [0.15, 0.2) is 72.9 Å². The molecule has 0 saturated heterocycles. The molecule has 0 spiro atoms. The Morgan fingerprint density at radius 1 is 1.00 bits per heavy atom. The first-order chi connectivity index (χ1) is 17.2. The number of hydrogen-bond acceptors (Lipinski definition) is 2. The molecule has 2 aliphatic rings. The lowest BCUT2D eigenvalue weighted by Crippen LogP contribution is -2.42. The quantitative estimate of drug-likeness (QED) is 0.351. The second-order valence-corrected chi connectivity index (χ2v) is 10.8. The fourth-order valence-electron chi connectivity index (χ4n) is 5.64. The Balaban J connectivity index is 1.39. The van der Waals surface area contributed by atoms with Gasteiger partial charge in [-0.1, -0.05) is 60.2 Å². The van der Waals surface area contributed by atoms with Gasteiger partial charge in [0.25, 0.3) is 0 Å². The molecular formula is C30H31N3OS. The number of nitrogens with zero attached hydrogens (tertiary/aromatic N) is 2. The Morgan fingerprint density at radius 3 is 2.71 bits per heavy atom. The molecule has 2 aromatic carbocycles. The van der Waals surface area contributed by atoms with E-state index in [1.165, 1.54) is 45.0 Å². The highest BCUT2D eigenvalue weighted by Crippen LogP contribution is 2.44. The summed E-state index contributed by atoms with van der Waals surface area (Å²) in [6.45, 7) is 3.38. The first kappa shape index (κ1) is 22.2. The van der Waals surface area contributed by atoms with Crippen molar-refractivity contribution >= 4 is 17.4 Å². The minimum absolute atomic E-state index is 0.00352. The zero-order valence-electron chi connectivity index (χ0n) is 20.2. The van der Waals surface area contributed by atoms with E-state index in [1.54, 1.807) is 0 Å². The maximum absolute atomic E-state index is 13.9. The van der Waals surface area contributed by atoms with Crippen molar-refractivity contribution in [1.29, 1.82) is 0 Å². The Kier molecular flexibility index (Phi) is 5.95. The third-order valence-electron chi connectivity index (χ3n) is 7.33. The number of nitrogens with one attached hydrogen (secondary N) is 1. The van der Waals surface area contributed by atoms with Gasteiger partial charge in [0.1, 0.15) is 5.00 Å². The molecule has 178 valence electrons. The Hall–Kier alpha value is -3.31. The molecule has 0 fully saturated rings. The van der Waals surface area contributed by atoms with Gasteiger partial charge in [-0.25, -0.2) is 4.79 Å². The summed E-state index contributed by atoms with van der Waals surface area (Å²) in [5.41, 5.74) is 7.60. The molecule has 3 heterocycles. The lowest BCUT2D eigenvalue weighted by Gasteiger charge is -2.31. The van der Waals surface area contributed by atoms with Crippen LogP contribution in [0.3, 0.4) is 0 Å². The molecule has 0 radical (unpaired) electrons. The summed E-state index contributed by atoms with van der Waals surface area (Å²) in [5, 5.41) is 4.55. The average Bonchev–Trinajstić information content (AvgIpc) is 3.46. The molecule has 0 bridgehead atoms. The van der Waals surface area contributed by atoms with E-state index in [1.807, 2.05) is 17.4 Å². The molecule has 1 N–H and O–H groups in total. The average molecular weight is 482 g/mol. The summed E-state index contributed by atoms with van der Waals surface area (Å²) in [7, 11) is 0. The van der Waals surface area contributed by atoms with E-state index >= 15 is 0 Å². The van der Waals surface area contributed by atoms with E-state index in [2.05, 4.69) is 88.6 Å². The van der Waals surface area contributed by atoms with Crippen LogP contribution in [0.2, 0.25) is 0 Å². The molecule has 2 amide bonds. The van der Waals surface area contributed by atoms with Crippen LogP contribution >= 0.6 is 11.3 Å². The number of amides is 2.